The lowest BCUT2D eigenvalue weighted by Crippen LogP contribution is -2.38. The Morgan fingerprint density at radius 2 is 2.00 bits per heavy atom. The van der Waals surface area contributed by atoms with Crippen LogP contribution >= 0.6 is 0 Å². The summed E-state index contributed by atoms with van der Waals surface area (Å²) in [4.78, 5) is 2.39. The van der Waals surface area contributed by atoms with Gasteiger partial charge in [-0.15, -0.1) is 0 Å². The summed E-state index contributed by atoms with van der Waals surface area (Å²) in [5.74, 6) is 1.06. The molecule has 0 atom stereocenters. The second kappa shape index (κ2) is 8.89. The van der Waals surface area contributed by atoms with Crippen molar-refractivity contribution < 1.29 is 13.2 Å². The fourth-order valence-electron chi connectivity index (χ4n) is 2.44. The van der Waals surface area contributed by atoms with Gasteiger partial charge in [-0.3, -0.25) is 0 Å². The van der Waals surface area contributed by atoms with E-state index in [-0.39, 0.29) is 0 Å². The van der Waals surface area contributed by atoms with E-state index in [4.69, 9.17) is 4.74 Å². The van der Waals surface area contributed by atoms with Gasteiger partial charge in [0.2, 0.25) is 0 Å². The molecule has 0 aliphatic carbocycles. The number of ether oxygens (including phenoxy) is 1. The van der Waals surface area contributed by atoms with Crippen molar-refractivity contribution in [3.8, 4) is 0 Å². The number of piperidine rings is 1. The Kier molecular flexibility index (Phi) is 7.90. The molecule has 0 radical (unpaired) electrons. The standard InChI is InChI=1S/C13H28N2O3S/c1-18-10-6-14-12-13-4-8-15(9-5-13)7-3-11-19(2,16)17/h13-14H,3-12H2,1-2H3. The number of rotatable bonds is 9. The summed E-state index contributed by atoms with van der Waals surface area (Å²) in [6, 6.07) is 0. The van der Waals surface area contributed by atoms with Crippen LogP contribution in [0.4, 0.5) is 0 Å². The molecule has 19 heavy (non-hydrogen) atoms. The van der Waals surface area contributed by atoms with Gasteiger partial charge in [-0.2, -0.15) is 0 Å². The maximum absolute atomic E-state index is 11.1. The van der Waals surface area contributed by atoms with Crippen LogP contribution in [0, 0.1) is 5.92 Å². The molecule has 6 heteroatoms. The smallest absolute Gasteiger partial charge is 0.147 e. The summed E-state index contributed by atoms with van der Waals surface area (Å²) in [7, 11) is -1.08. The van der Waals surface area contributed by atoms with E-state index in [0.717, 1.165) is 51.7 Å². The molecule has 0 aromatic heterocycles. The van der Waals surface area contributed by atoms with Crippen molar-refractivity contribution in [3.05, 3.63) is 0 Å². The first-order valence-corrected chi connectivity index (χ1v) is 9.17. The van der Waals surface area contributed by atoms with Crippen LogP contribution in [0.25, 0.3) is 0 Å². The van der Waals surface area contributed by atoms with Crippen LogP contribution in [-0.4, -0.2) is 71.8 Å². The molecule has 1 aliphatic heterocycles. The number of hydrogen-bond acceptors (Lipinski definition) is 5. The van der Waals surface area contributed by atoms with E-state index < -0.39 is 9.84 Å². The Bertz CT molecular complexity index is 325. The highest BCUT2D eigenvalue weighted by molar-refractivity contribution is 7.90. The third kappa shape index (κ3) is 8.57. The Morgan fingerprint density at radius 3 is 2.58 bits per heavy atom. The number of methoxy groups -OCH3 is 1. The van der Waals surface area contributed by atoms with Crippen LogP contribution in [0.1, 0.15) is 19.3 Å². The molecule has 0 amide bonds. The van der Waals surface area contributed by atoms with Gasteiger partial charge in [0, 0.05) is 19.9 Å². The predicted molar refractivity (Wildman–Crippen MR) is 78.2 cm³/mol. The molecule has 1 N–H and O–H groups in total. The lowest BCUT2D eigenvalue weighted by Gasteiger charge is -2.32. The van der Waals surface area contributed by atoms with Gasteiger partial charge < -0.3 is 15.0 Å². The first-order chi connectivity index (χ1) is 9.01. The average Bonchev–Trinajstić information content (AvgIpc) is 2.35. The maximum atomic E-state index is 11.1. The van der Waals surface area contributed by atoms with Crippen LogP contribution in [0.2, 0.25) is 0 Å². The predicted octanol–water partition coefficient (Wildman–Crippen LogP) is 0.369. The third-order valence-electron chi connectivity index (χ3n) is 3.61. The fraction of sp³-hybridized carbons (Fsp3) is 1.00. The molecule has 1 rings (SSSR count). The lowest BCUT2D eigenvalue weighted by atomic mass is 9.97. The van der Waals surface area contributed by atoms with Crippen molar-refractivity contribution in [2.75, 3.05) is 58.4 Å². The van der Waals surface area contributed by atoms with Gasteiger partial charge in [0.15, 0.2) is 0 Å². The molecule has 0 spiro atoms. The minimum atomic E-state index is -2.80. The summed E-state index contributed by atoms with van der Waals surface area (Å²) < 4.78 is 27.1. The number of nitrogens with zero attached hydrogens (tertiary/aromatic N) is 1. The van der Waals surface area contributed by atoms with Gasteiger partial charge in [0.05, 0.1) is 12.4 Å². The highest BCUT2D eigenvalue weighted by Crippen LogP contribution is 2.16. The molecular formula is C13H28N2O3S. The number of sulfone groups is 1. The molecule has 5 nitrogen and oxygen atoms in total. The fourth-order valence-corrected chi connectivity index (χ4v) is 3.10. The summed E-state index contributed by atoms with van der Waals surface area (Å²) >= 11 is 0. The zero-order chi connectivity index (χ0) is 14.1. The molecule has 1 heterocycles. The minimum Gasteiger partial charge on any atom is -0.383 e. The molecule has 0 saturated carbocycles. The maximum Gasteiger partial charge on any atom is 0.147 e. The number of hydrogen-bond donors (Lipinski definition) is 1. The number of nitrogens with one attached hydrogen (secondary N) is 1. The SMILES string of the molecule is COCCNCC1CCN(CCCS(C)(=O)=O)CC1. The van der Waals surface area contributed by atoms with E-state index in [1.54, 1.807) is 7.11 Å². The molecule has 0 aromatic carbocycles. The van der Waals surface area contributed by atoms with Gasteiger partial charge in [0.25, 0.3) is 0 Å². The minimum absolute atomic E-state index is 0.311. The van der Waals surface area contributed by atoms with Crippen LogP contribution in [-0.2, 0) is 14.6 Å². The molecule has 1 aliphatic rings. The van der Waals surface area contributed by atoms with Gasteiger partial charge in [-0.25, -0.2) is 8.42 Å². The van der Waals surface area contributed by atoms with E-state index in [1.165, 1.54) is 19.1 Å². The first kappa shape index (κ1) is 16.9. The monoisotopic (exact) mass is 292 g/mol. The molecule has 0 aromatic rings. The molecule has 0 bridgehead atoms. The Morgan fingerprint density at radius 1 is 1.32 bits per heavy atom. The summed E-state index contributed by atoms with van der Waals surface area (Å²) in [6.45, 7) is 5.87. The molecule has 1 fully saturated rings. The van der Waals surface area contributed by atoms with Crippen molar-refractivity contribution >= 4 is 9.84 Å². The second-order valence-corrected chi connectivity index (χ2v) is 7.73. The average molecular weight is 292 g/mol. The second-order valence-electron chi connectivity index (χ2n) is 5.47. The van der Waals surface area contributed by atoms with E-state index in [2.05, 4.69) is 10.2 Å². The Labute approximate surface area is 117 Å². The molecule has 114 valence electrons. The topological polar surface area (TPSA) is 58.6 Å². The van der Waals surface area contributed by atoms with Gasteiger partial charge in [0.1, 0.15) is 9.84 Å². The summed E-state index contributed by atoms with van der Waals surface area (Å²) in [5, 5.41) is 3.41. The summed E-state index contributed by atoms with van der Waals surface area (Å²) in [6.07, 6.45) is 4.48. The highest BCUT2D eigenvalue weighted by atomic mass is 32.2. The zero-order valence-electron chi connectivity index (χ0n) is 12.2. The van der Waals surface area contributed by atoms with Crippen LogP contribution in [0.3, 0.4) is 0 Å². The lowest BCUT2D eigenvalue weighted by molar-refractivity contribution is 0.173. The molecule has 1 saturated heterocycles. The Balaban J connectivity index is 2.05. The largest absolute Gasteiger partial charge is 0.383 e. The van der Waals surface area contributed by atoms with E-state index in [1.807, 2.05) is 0 Å². The number of likely N-dealkylation sites (tertiary alicyclic amines) is 1. The van der Waals surface area contributed by atoms with E-state index in [0.29, 0.717) is 5.75 Å². The van der Waals surface area contributed by atoms with Crippen molar-refractivity contribution in [2.45, 2.75) is 19.3 Å². The van der Waals surface area contributed by atoms with Crippen LogP contribution in [0.5, 0.6) is 0 Å². The highest BCUT2D eigenvalue weighted by Gasteiger charge is 2.18. The van der Waals surface area contributed by atoms with Gasteiger partial charge in [-0.1, -0.05) is 0 Å². The van der Waals surface area contributed by atoms with E-state index >= 15 is 0 Å². The Hall–Kier alpha value is -0.170. The van der Waals surface area contributed by atoms with Crippen molar-refractivity contribution in [3.63, 3.8) is 0 Å². The van der Waals surface area contributed by atoms with E-state index in [9.17, 15) is 8.42 Å². The van der Waals surface area contributed by atoms with Crippen LogP contribution in [0.15, 0.2) is 0 Å². The van der Waals surface area contributed by atoms with Crippen molar-refractivity contribution in [1.29, 1.82) is 0 Å². The van der Waals surface area contributed by atoms with Gasteiger partial charge >= 0.3 is 0 Å². The summed E-state index contributed by atoms with van der Waals surface area (Å²) in [5.41, 5.74) is 0. The van der Waals surface area contributed by atoms with Crippen molar-refractivity contribution in [2.24, 2.45) is 5.92 Å². The van der Waals surface area contributed by atoms with Gasteiger partial charge in [-0.05, 0) is 51.4 Å². The quantitative estimate of drug-likeness (QED) is 0.622. The molecular weight excluding hydrogens is 264 g/mol. The van der Waals surface area contributed by atoms with Crippen molar-refractivity contribution in [1.82, 2.24) is 10.2 Å². The zero-order valence-corrected chi connectivity index (χ0v) is 13.0. The normalized spacial score (nSPS) is 18.8. The third-order valence-corrected chi connectivity index (χ3v) is 4.64. The van der Waals surface area contributed by atoms with Crippen LogP contribution < -0.4 is 5.32 Å². The first-order valence-electron chi connectivity index (χ1n) is 7.11. The molecule has 0 unspecified atom stereocenters.